The van der Waals surface area contributed by atoms with E-state index in [-0.39, 0.29) is 6.04 Å². The highest BCUT2D eigenvalue weighted by atomic mass is 15.2. The van der Waals surface area contributed by atoms with Crippen molar-refractivity contribution in [3.63, 3.8) is 0 Å². The van der Waals surface area contributed by atoms with Gasteiger partial charge in [-0.25, -0.2) is 0 Å². The number of nitrogens with zero attached hydrogens (tertiary/aromatic N) is 1. The molecule has 6 rings (SSSR count). The average Bonchev–Trinajstić information content (AvgIpc) is 2.88. The molecule has 0 amide bonds. The standard InChI is InChI=1S/C32H26N2/c1-22(10-5-6-21-33)34(24-13-3-2-4-14-24)30-20-19-28-26-16-8-12-23-11-7-15-25(31(23)26)27-17-9-18-29(30)32(27)28/h2-22H,33H2,1H3/b10-5-,21-6-/t22-/m1/s1. The molecule has 0 aromatic heterocycles. The minimum atomic E-state index is 0.134. The second kappa shape index (κ2) is 8.24. The van der Waals surface area contributed by atoms with Crippen LogP contribution < -0.4 is 10.6 Å². The van der Waals surface area contributed by atoms with E-state index < -0.39 is 0 Å². The molecule has 164 valence electrons. The highest BCUT2D eigenvalue weighted by molar-refractivity contribution is 6.34. The zero-order chi connectivity index (χ0) is 23.1. The molecule has 0 saturated heterocycles. The van der Waals surface area contributed by atoms with Gasteiger partial charge in [-0.15, -0.1) is 0 Å². The van der Waals surface area contributed by atoms with Crippen LogP contribution in [0, 0.1) is 0 Å². The van der Waals surface area contributed by atoms with Crippen molar-refractivity contribution < 1.29 is 0 Å². The molecule has 2 N–H and O–H groups in total. The van der Waals surface area contributed by atoms with E-state index in [1.54, 1.807) is 6.20 Å². The maximum Gasteiger partial charge on any atom is 0.0497 e. The zero-order valence-electron chi connectivity index (χ0n) is 19.1. The summed E-state index contributed by atoms with van der Waals surface area (Å²) < 4.78 is 0. The predicted octanol–water partition coefficient (Wildman–Crippen LogP) is 8.29. The van der Waals surface area contributed by atoms with Crippen LogP contribution in [0.3, 0.4) is 0 Å². The van der Waals surface area contributed by atoms with Gasteiger partial charge in [-0.3, -0.25) is 0 Å². The molecule has 0 fully saturated rings. The van der Waals surface area contributed by atoms with Crippen molar-refractivity contribution in [2.24, 2.45) is 5.73 Å². The van der Waals surface area contributed by atoms with Gasteiger partial charge in [-0.2, -0.15) is 0 Å². The van der Waals surface area contributed by atoms with Crippen molar-refractivity contribution in [3.8, 4) is 0 Å². The molecule has 0 spiro atoms. The summed E-state index contributed by atoms with van der Waals surface area (Å²) in [6.07, 6.45) is 7.63. The summed E-state index contributed by atoms with van der Waals surface area (Å²) in [5.41, 5.74) is 7.93. The topological polar surface area (TPSA) is 29.3 Å². The summed E-state index contributed by atoms with van der Waals surface area (Å²) in [4.78, 5) is 2.41. The van der Waals surface area contributed by atoms with Crippen molar-refractivity contribution in [1.82, 2.24) is 0 Å². The summed E-state index contributed by atoms with van der Waals surface area (Å²) in [6.45, 7) is 2.22. The Morgan fingerprint density at radius 1 is 0.618 bits per heavy atom. The Labute approximate surface area is 199 Å². The molecule has 0 aliphatic carbocycles. The number of para-hydroxylation sites is 1. The molecule has 0 saturated carbocycles. The fraction of sp³-hybridized carbons (Fsp3) is 0.0625. The number of rotatable bonds is 5. The first-order valence-electron chi connectivity index (χ1n) is 11.8. The normalized spacial score (nSPS) is 13.2. The Bertz CT molecular complexity index is 1630. The average molecular weight is 439 g/mol. The van der Waals surface area contributed by atoms with Crippen molar-refractivity contribution in [2.45, 2.75) is 13.0 Å². The maximum atomic E-state index is 5.57. The number of anilines is 2. The Balaban J connectivity index is 1.69. The molecule has 0 heterocycles. The molecular weight excluding hydrogens is 412 g/mol. The molecule has 34 heavy (non-hydrogen) atoms. The van der Waals surface area contributed by atoms with Crippen LogP contribution in [-0.4, -0.2) is 6.04 Å². The van der Waals surface area contributed by atoms with Crippen molar-refractivity contribution in [1.29, 1.82) is 0 Å². The van der Waals surface area contributed by atoms with Crippen LogP contribution >= 0.6 is 0 Å². The highest BCUT2D eigenvalue weighted by Crippen LogP contribution is 2.44. The largest absolute Gasteiger partial charge is 0.405 e. The van der Waals surface area contributed by atoms with Gasteiger partial charge in [0, 0.05) is 22.8 Å². The number of fused-ring (bicyclic) bond motifs is 2. The van der Waals surface area contributed by atoms with E-state index >= 15 is 0 Å². The Kier molecular flexibility index (Phi) is 4.92. The van der Waals surface area contributed by atoms with Gasteiger partial charge < -0.3 is 10.6 Å². The molecule has 0 unspecified atom stereocenters. The van der Waals surface area contributed by atoms with Gasteiger partial charge >= 0.3 is 0 Å². The lowest BCUT2D eigenvalue weighted by Crippen LogP contribution is -2.26. The summed E-state index contributed by atoms with van der Waals surface area (Å²) in [7, 11) is 0. The quantitative estimate of drug-likeness (QED) is 0.167. The highest BCUT2D eigenvalue weighted by Gasteiger charge is 2.20. The fourth-order valence-corrected chi connectivity index (χ4v) is 5.40. The first-order chi connectivity index (χ1) is 16.8. The fourth-order valence-electron chi connectivity index (χ4n) is 5.40. The number of allylic oxidation sites excluding steroid dienone is 2. The lowest BCUT2D eigenvalue weighted by molar-refractivity contribution is 0.868. The van der Waals surface area contributed by atoms with E-state index in [4.69, 9.17) is 5.73 Å². The Hall–Kier alpha value is -4.30. The molecule has 0 aliphatic heterocycles. The van der Waals surface area contributed by atoms with Crippen molar-refractivity contribution in [2.75, 3.05) is 4.90 Å². The number of hydrogen-bond donors (Lipinski definition) is 1. The molecule has 0 aliphatic rings. The van der Waals surface area contributed by atoms with Crippen LogP contribution in [-0.2, 0) is 0 Å². The summed E-state index contributed by atoms with van der Waals surface area (Å²) in [6, 6.07) is 35.3. The van der Waals surface area contributed by atoms with E-state index in [1.165, 1.54) is 48.8 Å². The maximum absolute atomic E-state index is 5.57. The number of benzene rings is 6. The van der Waals surface area contributed by atoms with E-state index in [9.17, 15) is 0 Å². The van der Waals surface area contributed by atoms with E-state index in [2.05, 4.69) is 115 Å². The zero-order valence-corrected chi connectivity index (χ0v) is 19.1. The number of hydrogen-bond acceptors (Lipinski definition) is 2. The lowest BCUT2D eigenvalue weighted by Gasteiger charge is -2.31. The van der Waals surface area contributed by atoms with Gasteiger partial charge in [0.25, 0.3) is 0 Å². The summed E-state index contributed by atoms with van der Waals surface area (Å²) in [5.74, 6) is 0. The van der Waals surface area contributed by atoms with Gasteiger partial charge in [0.05, 0.1) is 0 Å². The van der Waals surface area contributed by atoms with Crippen molar-refractivity contribution in [3.05, 3.63) is 121 Å². The molecule has 2 nitrogen and oxygen atoms in total. The second-order valence-electron chi connectivity index (χ2n) is 8.79. The monoisotopic (exact) mass is 438 g/mol. The van der Waals surface area contributed by atoms with Crippen LogP contribution in [0.25, 0.3) is 43.1 Å². The van der Waals surface area contributed by atoms with Crippen LogP contribution in [0.5, 0.6) is 0 Å². The Morgan fingerprint density at radius 2 is 1.24 bits per heavy atom. The SMILES string of the molecule is C[C@H](/C=C\C=C/N)N(c1ccccc1)c1ccc2c3cccc4cccc(c5cccc1c52)c43. The molecular formula is C32H26N2. The van der Waals surface area contributed by atoms with Crippen LogP contribution in [0.15, 0.2) is 121 Å². The van der Waals surface area contributed by atoms with Gasteiger partial charge in [0.2, 0.25) is 0 Å². The number of nitrogens with two attached hydrogens (primary N) is 1. The second-order valence-corrected chi connectivity index (χ2v) is 8.79. The lowest BCUT2D eigenvalue weighted by atomic mass is 9.89. The first-order valence-corrected chi connectivity index (χ1v) is 11.8. The minimum Gasteiger partial charge on any atom is -0.405 e. The third-order valence-corrected chi connectivity index (χ3v) is 6.82. The van der Waals surface area contributed by atoms with Gasteiger partial charge in [0.15, 0.2) is 0 Å². The minimum absolute atomic E-state index is 0.134. The van der Waals surface area contributed by atoms with Gasteiger partial charge in [0.1, 0.15) is 0 Å². The predicted molar refractivity (Wildman–Crippen MR) is 148 cm³/mol. The Morgan fingerprint density at radius 3 is 1.94 bits per heavy atom. The van der Waals surface area contributed by atoms with E-state index in [0.29, 0.717) is 0 Å². The third kappa shape index (κ3) is 3.11. The van der Waals surface area contributed by atoms with Crippen molar-refractivity contribution >= 4 is 54.5 Å². The molecule has 1 atom stereocenters. The molecule has 6 aromatic carbocycles. The third-order valence-electron chi connectivity index (χ3n) is 6.82. The van der Waals surface area contributed by atoms with E-state index in [1.807, 2.05) is 12.2 Å². The molecule has 2 heteroatoms. The molecule has 0 bridgehead atoms. The van der Waals surface area contributed by atoms with Crippen LogP contribution in [0.4, 0.5) is 11.4 Å². The van der Waals surface area contributed by atoms with Crippen LogP contribution in [0.2, 0.25) is 0 Å². The molecule has 0 radical (unpaired) electrons. The van der Waals surface area contributed by atoms with E-state index in [0.717, 1.165) is 5.69 Å². The van der Waals surface area contributed by atoms with Gasteiger partial charge in [-0.05, 0) is 75.1 Å². The van der Waals surface area contributed by atoms with Gasteiger partial charge in [-0.1, -0.05) is 91.0 Å². The molecule has 6 aromatic rings. The summed E-state index contributed by atoms with van der Waals surface area (Å²) >= 11 is 0. The van der Waals surface area contributed by atoms with Crippen LogP contribution in [0.1, 0.15) is 6.92 Å². The smallest absolute Gasteiger partial charge is 0.0497 e. The first kappa shape index (κ1) is 20.3. The summed E-state index contributed by atoms with van der Waals surface area (Å²) in [5, 5.41) is 10.5.